The second-order valence-corrected chi connectivity index (χ2v) is 2.88. The van der Waals surface area contributed by atoms with Crippen molar-refractivity contribution in [1.29, 1.82) is 0 Å². The van der Waals surface area contributed by atoms with Gasteiger partial charge in [-0.25, -0.2) is 5.32 Å². The van der Waals surface area contributed by atoms with Crippen LogP contribution in [0.1, 0.15) is 32.6 Å². The van der Waals surface area contributed by atoms with E-state index in [4.69, 9.17) is 0 Å². The molecule has 3 nitrogen and oxygen atoms in total. The van der Waals surface area contributed by atoms with Crippen molar-refractivity contribution < 1.29 is 4.79 Å². The number of carbonyl (C=O) groups excluding carboxylic acids is 1. The summed E-state index contributed by atoms with van der Waals surface area (Å²) in [5.74, 6) is 0.142. The second kappa shape index (κ2) is 4.34. The Hall–Kier alpha value is -0.570. The molecule has 0 bridgehead atoms. The third-order valence-corrected chi connectivity index (χ3v) is 1.79. The molecular weight excluding hydrogens is 140 g/mol. The van der Waals surface area contributed by atoms with Gasteiger partial charge >= 0.3 is 0 Å². The van der Waals surface area contributed by atoms with Crippen molar-refractivity contribution in [2.75, 3.05) is 6.54 Å². The number of nitrogens with zero attached hydrogens (tertiary/aromatic N) is 1. The maximum Gasteiger partial charge on any atom is 0.221 e. The topological polar surface area (TPSA) is 43.2 Å². The molecule has 1 N–H and O–H groups in total. The van der Waals surface area contributed by atoms with Crippen molar-refractivity contribution in [3.05, 3.63) is 0 Å². The Morgan fingerprint density at radius 3 is 3.09 bits per heavy atom. The summed E-state index contributed by atoms with van der Waals surface area (Å²) in [7, 11) is 0. The summed E-state index contributed by atoms with van der Waals surface area (Å²) in [6, 6.07) is 0. The molecule has 1 aliphatic rings. The van der Waals surface area contributed by atoms with E-state index in [0.717, 1.165) is 25.8 Å². The molecule has 3 heteroatoms. The van der Waals surface area contributed by atoms with E-state index in [9.17, 15) is 4.79 Å². The second-order valence-electron chi connectivity index (χ2n) is 2.88. The summed E-state index contributed by atoms with van der Waals surface area (Å²) in [5.41, 5.74) is 0. The van der Waals surface area contributed by atoms with Gasteiger partial charge < -0.3 is 5.32 Å². The molecule has 63 valence electrons. The monoisotopic (exact) mass is 155 g/mol. The van der Waals surface area contributed by atoms with E-state index in [-0.39, 0.29) is 12.1 Å². The van der Waals surface area contributed by atoms with Crippen LogP contribution in [0.4, 0.5) is 0 Å². The zero-order valence-corrected chi connectivity index (χ0v) is 6.97. The number of nitrogens with one attached hydrogen (secondary N) is 1. The first-order chi connectivity index (χ1) is 5.33. The fourth-order valence-corrected chi connectivity index (χ4v) is 1.23. The minimum Gasteiger partial charge on any atom is -0.339 e. The first-order valence-corrected chi connectivity index (χ1v) is 4.29. The number of amides is 1. The molecule has 11 heavy (non-hydrogen) atoms. The maximum atomic E-state index is 11.0. The highest BCUT2D eigenvalue weighted by Gasteiger charge is 2.16. The summed E-state index contributed by atoms with van der Waals surface area (Å²) < 4.78 is 0. The number of rotatable bonds is 3. The molecule has 1 heterocycles. The van der Waals surface area contributed by atoms with Gasteiger partial charge in [0.15, 0.2) is 0 Å². The predicted octanol–water partition coefficient (Wildman–Crippen LogP) is 0.627. The number of hydrogen-bond acceptors (Lipinski definition) is 1. The van der Waals surface area contributed by atoms with Crippen LogP contribution in [0.5, 0.6) is 0 Å². The minimum absolute atomic E-state index is 0.119. The number of carbonyl (C=O) groups is 1. The standard InChI is InChI=1S/C8H15N2O/c1-2-4-8(11)10-7-5-3-6-9-7/h7H,2-6H2,1H3,(H,10,11). The highest BCUT2D eigenvalue weighted by atomic mass is 16.1. The molecule has 1 rings (SSSR count). The van der Waals surface area contributed by atoms with Gasteiger partial charge in [0, 0.05) is 13.0 Å². The molecule has 1 amide bonds. The summed E-state index contributed by atoms with van der Waals surface area (Å²) in [6.07, 6.45) is 3.81. The molecule has 0 spiro atoms. The van der Waals surface area contributed by atoms with Gasteiger partial charge in [-0.1, -0.05) is 6.92 Å². The molecule has 1 saturated heterocycles. The zero-order chi connectivity index (χ0) is 8.10. The van der Waals surface area contributed by atoms with Gasteiger partial charge in [-0.05, 0) is 19.3 Å². The highest BCUT2D eigenvalue weighted by molar-refractivity contribution is 5.76. The smallest absolute Gasteiger partial charge is 0.221 e. The lowest BCUT2D eigenvalue weighted by molar-refractivity contribution is -0.121. The third-order valence-electron chi connectivity index (χ3n) is 1.79. The van der Waals surface area contributed by atoms with Gasteiger partial charge in [0.05, 0.1) is 6.17 Å². The lowest BCUT2D eigenvalue weighted by atomic mass is 10.3. The van der Waals surface area contributed by atoms with Gasteiger partial charge in [-0.15, -0.1) is 0 Å². The van der Waals surface area contributed by atoms with Crippen LogP contribution < -0.4 is 10.6 Å². The molecule has 1 radical (unpaired) electrons. The van der Waals surface area contributed by atoms with Crippen LogP contribution in [0, 0.1) is 0 Å². The Labute approximate surface area is 67.5 Å². The average molecular weight is 155 g/mol. The number of hydrogen-bond donors (Lipinski definition) is 1. The largest absolute Gasteiger partial charge is 0.339 e. The zero-order valence-electron chi connectivity index (χ0n) is 6.97. The van der Waals surface area contributed by atoms with E-state index < -0.39 is 0 Å². The van der Waals surface area contributed by atoms with Crippen molar-refractivity contribution in [1.82, 2.24) is 10.6 Å². The van der Waals surface area contributed by atoms with E-state index in [1.165, 1.54) is 0 Å². The molecule has 0 saturated carbocycles. The van der Waals surface area contributed by atoms with Gasteiger partial charge in [0.25, 0.3) is 0 Å². The van der Waals surface area contributed by atoms with Crippen LogP contribution in [-0.4, -0.2) is 18.6 Å². The Kier molecular flexibility index (Phi) is 3.36. The first kappa shape index (κ1) is 8.53. The summed E-state index contributed by atoms with van der Waals surface area (Å²) in [5, 5.41) is 7.10. The summed E-state index contributed by atoms with van der Waals surface area (Å²) >= 11 is 0. The Bertz CT molecular complexity index is 130. The average Bonchev–Trinajstić information content (AvgIpc) is 2.40. The van der Waals surface area contributed by atoms with Crippen LogP contribution in [0.15, 0.2) is 0 Å². The van der Waals surface area contributed by atoms with Crippen molar-refractivity contribution in [2.45, 2.75) is 38.8 Å². The molecule has 1 fully saturated rings. The fraction of sp³-hybridized carbons (Fsp3) is 0.875. The molecule has 0 aromatic carbocycles. The van der Waals surface area contributed by atoms with Gasteiger partial charge in [0.1, 0.15) is 0 Å². The van der Waals surface area contributed by atoms with Crippen molar-refractivity contribution in [3.8, 4) is 0 Å². The quantitative estimate of drug-likeness (QED) is 0.638. The van der Waals surface area contributed by atoms with Crippen LogP contribution in [0.2, 0.25) is 0 Å². The molecule has 1 atom stereocenters. The first-order valence-electron chi connectivity index (χ1n) is 4.29. The lowest BCUT2D eigenvalue weighted by Crippen LogP contribution is -2.37. The highest BCUT2D eigenvalue weighted by Crippen LogP contribution is 2.03. The third kappa shape index (κ3) is 2.89. The molecule has 0 aromatic heterocycles. The van der Waals surface area contributed by atoms with Gasteiger partial charge in [0.2, 0.25) is 5.91 Å². The molecule has 1 aliphatic heterocycles. The van der Waals surface area contributed by atoms with Gasteiger partial charge in [-0.3, -0.25) is 4.79 Å². The van der Waals surface area contributed by atoms with Crippen molar-refractivity contribution >= 4 is 5.91 Å². The fourth-order valence-electron chi connectivity index (χ4n) is 1.23. The molecular formula is C8H15N2O. The van der Waals surface area contributed by atoms with Crippen molar-refractivity contribution in [2.24, 2.45) is 0 Å². The van der Waals surface area contributed by atoms with Crippen LogP contribution in [-0.2, 0) is 4.79 Å². The molecule has 0 aliphatic carbocycles. The Morgan fingerprint density at radius 1 is 1.73 bits per heavy atom. The van der Waals surface area contributed by atoms with E-state index in [1.807, 2.05) is 6.92 Å². The summed E-state index contributed by atoms with van der Waals surface area (Å²) in [6.45, 7) is 2.92. The predicted molar refractivity (Wildman–Crippen MR) is 43.1 cm³/mol. The van der Waals surface area contributed by atoms with Crippen LogP contribution in [0.25, 0.3) is 0 Å². The minimum atomic E-state index is 0.119. The molecule has 0 aromatic rings. The van der Waals surface area contributed by atoms with E-state index in [1.54, 1.807) is 0 Å². The maximum absolute atomic E-state index is 11.0. The lowest BCUT2D eigenvalue weighted by Gasteiger charge is -2.09. The van der Waals surface area contributed by atoms with Crippen molar-refractivity contribution in [3.63, 3.8) is 0 Å². The van der Waals surface area contributed by atoms with Crippen LogP contribution in [0.3, 0.4) is 0 Å². The normalized spacial score (nSPS) is 23.5. The van der Waals surface area contributed by atoms with E-state index in [0.29, 0.717) is 6.42 Å². The Morgan fingerprint density at radius 2 is 2.55 bits per heavy atom. The van der Waals surface area contributed by atoms with E-state index >= 15 is 0 Å². The summed E-state index contributed by atoms with van der Waals surface area (Å²) in [4.78, 5) is 11.0. The Balaban J connectivity index is 2.13. The van der Waals surface area contributed by atoms with Gasteiger partial charge in [-0.2, -0.15) is 0 Å². The molecule has 1 unspecified atom stereocenters. The van der Waals surface area contributed by atoms with Crippen LogP contribution >= 0.6 is 0 Å². The SMILES string of the molecule is CCCC(=O)NC1CCC[N]1. The van der Waals surface area contributed by atoms with E-state index in [2.05, 4.69) is 10.6 Å².